The number of nitrogens with one attached hydrogen (secondary N) is 2. The third-order valence-electron chi connectivity index (χ3n) is 5.31. The zero-order valence-electron chi connectivity index (χ0n) is 17.6. The standard InChI is InChI=1S/C20H23FN4O9/c21-34-16-15(29)14(8-26)33-19(16)25-7-11(18(31)24-20(25)32)17(30)23-6-13(28)12(22)5-9-1-3-10(27)4-2-9/h1-4,7,12,14-16,19,26-27,29H,5-6,8,22H2,(H,23,30)(H,24,31,32)/t12-,14+,15-,16+,19+/m0/s1. The molecule has 7 N–H and O–H groups in total. The first-order valence-corrected chi connectivity index (χ1v) is 10.1. The molecule has 2 aromatic rings. The smallest absolute Gasteiger partial charge is 0.330 e. The number of aliphatic hydroxyl groups is 2. The van der Waals surface area contributed by atoms with Crippen LogP contribution in [-0.2, 0) is 20.9 Å². The molecule has 34 heavy (non-hydrogen) atoms. The van der Waals surface area contributed by atoms with Crippen molar-refractivity contribution >= 4 is 11.7 Å². The number of hydrogen-bond acceptors (Lipinski definition) is 10. The number of H-pyrrole nitrogens is 1. The van der Waals surface area contributed by atoms with Crippen molar-refractivity contribution in [3.63, 3.8) is 0 Å². The molecule has 1 fully saturated rings. The molecule has 0 spiro atoms. The highest BCUT2D eigenvalue weighted by Crippen LogP contribution is 2.30. The maximum Gasteiger partial charge on any atom is 0.330 e. The van der Waals surface area contributed by atoms with Crippen LogP contribution in [0, 0.1) is 0 Å². The van der Waals surface area contributed by atoms with Crippen molar-refractivity contribution < 1.29 is 39.1 Å². The van der Waals surface area contributed by atoms with E-state index < -0.39 is 72.2 Å². The Hall–Kier alpha value is -3.43. The van der Waals surface area contributed by atoms with Gasteiger partial charge in [-0.05, 0) is 28.6 Å². The molecule has 0 saturated carbocycles. The van der Waals surface area contributed by atoms with Gasteiger partial charge in [0.2, 0.25) is 0 Å². The molecule has 0 bridgehead atoms. The van der Waals surface area contributed by atoms with E-state index in [-0.39, 0.29) is 12.2 Å². The Balaban J connectivity index is 1.71. The average Bonchev–Trinajstić information content (AvgIpc) is 3.13. The topological polar surface area (TPSA) is 206 Å². The number of Topliss-reactive ketones (excluding diaryl/α,β-unsaturated/α-hetero) is 1. The van der Waals surface area contributed by atoms with Gasteiger partial charge in [-0.25, -0.2) is 4.79 Å². The van der Waals surface area contributed by atoms with Crippen molar-refractivity contribution in [1.82, 2.24) is 14.9 Å². The Morgan fingerprint density at radius 2 is 1.97 bits per heavy atom. The summed E-state index contributed by atoms with van der Waals surface area (Å²) in [5.74, 6) is -1.53. The summed E-state index contributed by atoms with van der Waals surface area (Å²) in [6, 6.07) is 5.06. The molecule has 13 nitrogen and oxygen atoms in total. The van der Waals surface area contributed by atoms with Crippen LogP contribution in [0.5, 0.6) is 5.75 Å². The summed E-state index contributed by atoms with van der Waals surface area (Å²) in [5.41, 5.74) is 3.74. The Bertz CT molecular complexity index is 1150. The zero-order chi connectivity index (χ0) is 25.0. The Kier molecular flexibility index (Phi) is 7.90. The van der Waals surface area contributed by atoms with Crippen LogP contribution < -0.4 is 22.3 Å². The number of ketones is 1. The Labute approximate surface area is 190 Å². The van der Waals surface area contributed by atoms with Gasteiger partial charge in [0.15, 0.2) is 18.1 Å². The maximum absolute atomic E-state index is 13.0. The molecule has 1 aliphatic rings. The second kappa shape index (κ2) is 10.7. The average molecular weight is 482 g/mol. The number of ether oxygens (including phenoxy) is 1. The number of nitrogens with two attached hydrogens (primary N) is 1. The Morgan fingerprint density at radius 3 is 2.59 bits per heavy atom. The van der Waals surface area contributed by atoms with Gasteiger partial charge in [0.25, 0.3) is 11.5 Å². The Morgan fingerprint density at radius 1 is 1.29 bits per heavy atom. The molecular formula is C20H23FN4O9. The minimum Gasteiger partial charge on any atom is -0.508 e. The number of rotatable bonds is 9. The van der Waals surface area contributed by atoms with E-state index in [0.717, 1.165) is 6.20 Å². The van der Waals surface area contributed by atoms with E-state index >= 15 is 0 Å². The molecule has 0 radical (unpaired) electrons. The van der Waals surface area contributed by atoms with E-state index in [0.29, 0.717) is 10.1 Å². The number of phenols is 1. The van der Waals surface area contributed by atoms with E-state index in [4.69, 9.17) is 10.5 Å². The van der Waals surface area contributed by atoms with Gasteiger partial charge in [-0.3, -0.25) is 23.9 Å². The van der Waals surface area contributed by atoms with E-state index in [1.807, 2.05) is 4.98 Å². The number of halogens is 1. The first-order valence-electron chi connectivity index (χ1n) is 10.1. The quantitative estimate of drug-likeness (QED) is 0.224. The molecule has 1 aromatic carbocycles. The normalized spacial score (nSPS) is 22.9. The van der Waals surface area contributed by atoms with Gasteiger partial charge in [0, 0.05) is 6.20 Å². The lowest BCUT2D eigenvalue weighted by Gasteiger charge is -2.18. The van der Waals surface area contributed by atoms with E-state index in [9.17, 15) is 39.0 Å². The van der Waals surface area contributed by atoms with Crippen LogP contribution in [0.1, 0.15) is 22.1 Å². The van der Waals surface area contributed by atoms with Crippen molar-refractivity contribution in [3.8, 4) is 5.75 Å². The number of phenolic OH excluding ortho intramolecular Hbond substituents is 1. The van der Waals surface area contributed by atoms with Gasteiger partial charge in [0.05, 0.1) is 19.2 Å². The molecule has 2 heterocycles. The number of carbonyl (C=O) groups is 2. The molecule has 0 aliphatic carbocycles. The molecule has 184 valence electrons. The predicted molar refractivity (Wildman–Crippen MR) is 111 cm³/mol. The molecule has 1 aliphatic heterocycles. The van der Waals surface area contributed by atoms with E-state index in [1.54, 1.807) is 12.1 Å². The maximum atomic E-state index is 13.0. The van der Waals surface area contributed by atoms with Gasteiger partial charge in [-0.1, -0.05) is 12.1 Å². The van der Waals surface area contributed by atoms with Crippen LogP contribution in [0.4, 0.5) is 4.53 Å². The van der Waals surface area contributed by atoms with Gasteiger partial charge in [-0.15, -0.1) is 0 Å². The second-order valence-electron chi connectivity index (χ2n) is 7.63. The minimum atomic E-state index is -1.73. The largest absolute Gasteiger partial charge is 0.508 e. The first-order chi connectivity index (χ1) is 16.2. The molecular weight excluding hydrogens is 459 g/mol. The summed E-state index contributed by atoms with van der Waals surface area (Å²) in [7, 11) is 0. The molecule has 1 saturated heterocycles. The number of amides is 1. The molecule has 5 atom stereocenters. The fourth-order valence-corrected chi connectivity index (χ4v) is 3.42. The molecule has 3 rings (SSSR count). The minimum absolute atomic E-state index is 0.0521. The summed E-state index contributed by atoms with van der Waals surface area (Å²) in [6.07, 6.45) is -5.35. The highest BCUT2D eigenvalue weighted by Gasteiger charge is 2.47. The molecule has 1 aromatic heterocycles. The number of aliphatic hydroxyl groups excluding tert-OH is 2. The highest BCUT2D eigenvalue weighted by molar-refractivity contribution is 5.97. The summed E-state index contributed by atoms with van der Waals surface area (Å²) < 4.78 is 18.8. The summed E-state index contributed by atoms with van der Waals surface area (Å²) in [6.45, 7) is -1.24. The monoisotopic (exact) mass is 482 g/mol. The van der Waals surface area contributed by atoms with Crippen molar-refractivity contribution in [3.05, 3.63) is 62.4 Å². The van der Waals surface area contributed by atoms with Crippen LogP contribution in [0.2, 0.25) is 0 Å². The number of hydrogen-bond donors (Lipinski definition) is 6. The predicted octanol–water partition coefficient (Wildman–Crippen LogP) is -2.37. The van der Waals surface area contributed by atoms with Crippen molar-refractivity contribution in [2.45, 2.75) is 37.0 Å². The first kappa shape index (κ1) is 25.2. The lowest BCUT2D eigenvalue weighted by atomic mass is 10.0. The van der Waals surface area contributed by atoms with Crippen molar-refractivity contribution in [2.75, 3.05) is 13.2 Å². The van der Waals surface area contributed by atoms with Gasteiger partial charge in [-0.2, -0.15) is 4.94 Å². The van der Waals surface area contributed by atoms with Crippen molar-refractivity contribution in [1.29, 1.82) is 0 Å². The summed E-state index contributed by atoms with van der Waals surface area (Å²) in [5, 5.41) is 30.7. The number of aromatic nitrogens is 2. The fourth-order valence-electron chi connectivity index (χ4n) is 3.42. The summed E-state index contributed by atoms with van der Waals surface area (Å²) in [4.78, 5) is 54.7. The lowest BCUT2D eigenvalue weighted by molar-refractivity contribution is -0.221. The fraction of sp³-hybridized carbons (Fsp3) is 0.400. The van der Waals surface area contributed by atoms with Crippen LogP contribution in [0.3, 0.4) is 0 Å². The van der Waals surface area contributed by atoms with Gasteiger partial charge >= 0.3 is 5.69 Å². The van der Waals surface area contributed by atoms with Crippen LogP contribution >= 0.6 is 0 Å². The molecule has 0 unspecified atom stereocenters. The van der Waals surface area contributed by atoms with Gasteiger partial charge < -0.3 is 31.1 Å². The number of nitrogens with zero attached hydrogens (tertiary/aromatic N) is 1. The number of benzene rings is 1. The van der Waals surface area contributed by atoms with E-state index in [2.05, 4.69) is 10.3 Å². The number of aromatic hydroxyl groups is 1. The third-order valence-corrected chi connectivity index (χ3v) is 5.31. The third kappa shape index (κ3) is 5.37. The van der Waals surface area contributed by atoms with Gasteiger partial charge in [0.1, 0.15) is 23.5 Å². The SMILES string of the molecule is N[C@@H](Cc1ccc(O)cc1)C(=O)CNC(=O)c1cn([C@@H]2O[C@H](CO)[C@H](O)[C@H]2OF)c(=O)[nH]c1=O. The summed E-state index contributed by atoms with van der Waals surface area (Å²) >= 11 is 0. The number of aromatic amines is 1. The van der Waals surface area contributed by atoms with Crippen LogP contribution in [0.25, 0.3) is 0 Å². The highest BCUT2D eigenvalue weighted by atomic mass is 19.3. The molecule has 1 amide bonds. The lowest BCUT2D eigenvalue weighted by Crippen LogP contribution is -2.44. The zero-order valence-corrected chi connectivity index (χ0v) is 17.6. The van der Waals surface area contributed by atoms with E-state index in [1.165, 1.54) is 12.1 Å². The number of carbonyl (C=O) groups excluding carboxylic acids is 2. The molecule has 14 heteroatoms. The van der Waals surface area contributed by atoms with Crippen molar-refractivity contribution in [2.24, 2.45) is 5.73 Å². The van der Waals surface area contributed by atoms with Crippen LogP contribution in [-0.4, -0.2) is 74.1 Å². The van der Waals surface area contributed by atoms with Crippen LogP contribution in [0.15, 0.2) is 40.1 Å². The second-order valence-corrected chi connectivity index (χ2v) is 7.63.